The van der Waals surface area contributed by atoms with Crippen LogP contribution in [0.25, 0.3) is 0 Å². The minimum Gasteiger partial charge on any atom is -0.496 e. The molecule has 1 unspecified atom stereocenters. The molecule has 17 heavy (non-hydrogen) atoms. The molecule has 0 amide bonds. The topological polar surface area (TPSA) is 32.7 Å². The van der Waals surface area contributed by atoms with Gasteiger partial charge in [-0.2, -0.15) is 0 Å². The van der Waals surface area contributed by atoms with Crippen molar-refractivity contribution < 1.29 is 14.2 Å². The number of methoxy groups -OCH3 is 1. The zero-order chi connectivity index (χ0) is 12.8. The highest BCUT2D eigenvalue weighted by molar-refractivity contribution is 5.36. The van der Waals surface area contributed by atoms with Crippen molar-refractivity contribution >= 4 is 0 Å². The number of nitrogens with zero attached hydrogens (tertiary/aromatic N) is 1. The lowest BCUT2D eigenvalue weighted by atomic mass is 10.0. The molecule has 96 valence electrons. The average Bonchev–Trinajstić information content (AvgIpc) is 2.34. The lowest BCUT2D eigenvalue weighted by molar-refractivity contribution is 0.143. The second kappa shape index (κ2) is 6.57. The van der Waals surface area contributed by atoms with Gasteiger partial charge in [-0.15, -0.1) is 0 Å². The fourth-order valence-electron chi connectivity index (χ4n) is 1.66. The molecule has 0 saturated heterocycles. The summed E-state index contributed by atoms with van der Waals surface area (Å²) < 4.78 is 18.7. The van der Waals surface area contributed by atoms with Crippen LogP contribution in [0.3, 0.4) is 0 Å². The van der Waals surface area contributed by atoms with Crippen LogP contribution in [-0.2, 0) is 0 Å². The van der Waals surface area contributed by atoms with Crippen LogP contribution in [-0.4, -0.2) is 37.3 Å². The van der Waals surface area contributed by atoms with Crippen LogP contribution in [0.15, 0.2) is 18.2 Å². The minimum absolute atomic E-state index is 0.250. The number of aliphatic hydroxyl groups is 1. The molecule has 0 aliphatic heterocycles. The predicted molar refractivity (Wildman–Crippen MR) is 65.7 cm³/mol. The fourth-order valence-corrected chi connectivity index (χ4v) is 1.66. The Morgan fingerprint density at radius 3 is 2.76 bits per heavy atom. The molecule has 0 aliphatic rings. The zero-order valence-corrected chi connectivity index (χ0v) is 10.6. The summed E-state index contributed by atoms with van der Waals surface area (Å²) in [5, 5.41) is 10.0. The van der Waals surface area contributed by atoms with Crippen molar-refractivity contribution in [3.8, 4) is 5.75 Å². The van der Waals surface area contributed by atoms with E-state index in [1.165, 1.54) is 13.2 Å². The van der Waals surface area contributed by atoms with Crippen LogP contribution in [0.4, 0.5) is 4.39 Å². The third-order valence-electron chi connectivity index (χ3n) is 2.89. The van der Waals surface area contributed by atoms with Crippen molar-refractivity contribution in [2.24, 2.45) is 0 Å². The van der Waals surface area contributed by atoms with E-state index in [0.717, 1.165) is 13.1 Å². The van der Waals surface area contributed by atoms with Gasteiger partial charge in [-0.1, -0.05) is 13.0 Å². The standard InChI is InChI=1S/C13H20FNO2/c1-4-15(2)9-8-11(16)13-10(14)6-5-7-12(13)17-3/h5-7,11,16H,4,8-9H2,1-3H3. The molecular formula is C13H20FNO2. The summed E-state index contributed by atoms with van der Waals surface area (Å²) in [6.45, 7) is 3.66. The maximum absolute atomic E-state index is 13.6. The Balaban J connectivity index is 2.77. The van der Waals surface area contributed by atoms with E-state index in [1.807, 2.05) is 14.0 Å². The highest BCUT2D eigenvalue weighted by atomic mass is 19.1. The van der Waals surface area contributed by atoms with Crippen LogP contribution in [0.1, 0.15) is 25.0 Å². The van der Waals surface area contributed by atoms with E-state index in [4.69, 9.17) is 4.74 Å². The van der Waals surface area contributed by atoms with Gasteiger partial charge in [0.15, 0.2) is 0 Å². The van der Waals surface area contributed by atoms with Crippen LogP contribution in [0.2, 0.25) is 0 Å². The fraction of sp³-hybridized carbons (Fsp3) is 0.538. The van der Waals surface area contributed by atoms with Gasteiger partial charge in [0.25, 0.3) is 0 Å². The highest BCUT2D eigenvalue weighted by Gasteiger charge is 2.18. The first-order chi connectivity index (χ1) is 8.10. The molecule has 1 aromatic rings. The number of hydrogen-bond donors (Lipinski definition) is 1. The van der Waals surface area contributed by atoms with Gasteiger partial charge < -0.3 is 14.7 Å². The normalized spacial score (nSPS) is 12.8. The second-order valence-corrected chi connectivity index (χ2v) is 4.06. The summed E-state index contributed by atoms with van der Waals surface area (Å²) >= 11 is 0. The largest absolute Gasteiger partial charge is 0.496 e. The number of ether oxygens (including phenoxy) is 1. The van der Waals surface area contributed by atoms with E-state index in [1.54, 1.807) is 12.1 Å². The van der Waals surface area contributed by atoms with E-state index in [2.05, 4.69) is 4.90 Å². The Bertz CT molecular complexity index is 357. The van der Waals surface area contributed by atoms with Crippen molar-refractivity contribution in [1.82, 2.24) is 4.90 Å². The van der Waals surface area contributed by atoms with Crippen molar-refractivity contribution in [3.63, 3.8) is 0 Å². The summed E-state index contributed by atoms with van der Waals surface area (Å²) in [7, 11) is 3.44. The molecule has 4 heteroatoms. The maximum atomic E-state index is 13.6. The molecular weight excluding hydrogens is 221 g/mol. The predicted octanol–water partition coefficient (Wildman–Crippen LogP) is 2.21. The molecule has 0 bridgehead atoms. The summed E-state index contributed by atoms with van der Waals surface area (Å²) in [5.74, 6) is -0.0207. The lowest BCUT2D eigenvalue weighted by Crippen LogP contribution is -2.21. The zero-order valence-electron chi connectivity index (χ0n) is 10.6. The van der Waals surface area contributed by atoms with Crippen LogP contribution >= 0.6 is 0 Å². The van der Waals surface area contributed by atoms with Gasteiger partial charge in [0, 0.05) is 6.54 Å². The summed E-state index contributed by atoms with van der Waals surface area (Å²) in [6, 6.07) is 4.57. The van der Waals surface area contributed by atoms with Crippen molar-refractivity contribution in [1.29, 1.82) is 0 Å². The number of hydrogen-bond acceptors (Lipinski definition) is 3. The molecule has 0 aliphatic carbocycles. The molecule has 1 atom stereocenters. The van der Waals surface area contributed by atoms with Gasteiger partial charge in [0.05, 0.1) is 18.8 Å². The SMILES string of the molecule is CCN(C)CCC(O)c1c(F)cccc1OC. The van der Waals surface area contributed by atoms with Crippen molar-refractivity contribution in [3.05, 3.63) is 29.6 Å². The Hall–Kier alpha value is -1.13. The summed E-state index contributed by atoms with van der Waals surface area (Å²) in [5.41, 5.74) is 0.250. The van der Waals surface area contributed by atoms with E-state index in [9.17, 15) is 9.50 Å². The molecule has 1 N–H and O–H groups in total. The third-order valence-corrected chi connectivity index (χ3v) is 2.89. The lowest BCUT2D eigenvalue weighted by Gasteiger charge is -2.19. The third kappa shape index (κ3) is 3.68. The van der Waals surface area contributed by atoms with Crippen LogP contribution < -0.4 is 4.74 Å². The monoisotopic (exact) mass is 241 g/mol. The quantitative estimate of drug-likeness (QED) is 0.829. The number of aliphatic hydroxyl groups excluding tert-OH is 1. The smallest absolute Gasteiger partial charge is 0.132 e. The van der Waals surface area contributed by atoms with Crippen molar-refractivity contribution in [2.45, 2.75) is 19.4 Å². The van der Waals surface area contributed by atoms with Gasteiger partial charge in [-0.25, -0.2) is 4.39 Å². The average molecular weight is 241 g/mol. The Morgan fingerprint density at radius 1 is 1.47 bits per heavy atom. The first-order valence-electron chi connectivity index (χ1n) is 5.79. The molecule has 0 saturated carbocycles. The first kappa shape index (κ1) is 13.9. The number of rotatable bonds is 6. The molecule has 1 aromatic carbocycles. The first-order valence-corrected chi connectivity index (χ1v) is 5.79. The second-order valence-electron chi connectivity index (χ2n) is 4.06. The molecule has 0 radical (unpaired) electrons. The van der Waals surface area contributed by atoms with Gasteiger partial charge in [0.1, 0.15) is 11.6 Å². The van der Waals surface area contributed by atoms with E-state index >= 15 is 0 Å². The summed E-state index contributed by atoms with van der Waals surface area (Å²) in [6.07, 6.45) is -0.345. The maximum Gasteiger partial charge on any atom is 0.132 e. The molecule has 0 heterocycles. The minimum atomic E-state index is -0.833. The Morgan fingerprint density at radius 2 is 2.18 bits per heavy atom. The van der Waals surface area contributed by atoms with Gasteiger partial charge in [-0.05, 0) is 32.1 Å². The number of halogens is 1. The molecule has 3 nitrogen and oxygen atoms in total. The van der Waals surface area contributed by atoms with Crippen LogP contribution in [0.5, 0.6) is 5.75 Å². The van der Waals surface area contributed by atoms with Crippen LogP contribution in [0, 0.1) is 5.82 Å². The summed E-state index contributed by atoms with van der Waals surface area (Å²) in [4.78, 5) is 2.07. The molecule has 1 rings (SSSR count). The Labute approximate surface area is 102 Å². The molecule has 0 spiro atoms. The highest BCUT2D eigenvalue weighted by Crippen LogP contribution is 2.29. The van der Waals surface area contributed by atoms with E-state index in [-0.39, 0.29) is 5.56 Å². The number of benzene rings is 1. The Kier molecular flexibility index (Phi) is 5.38. The van der Waals surface area contributed by atoms with Gasteiger partial charge in [0.2, 0.25) is 0 Å². The van der Waals surface area contributed by atoms with Gasteiger partial charge in [-0.3, -0.25) is 0 Å². The van der Waals surface area contributed by atoms with E-state index < -0.39 is 11.9 Å². The molecule has 0 fully saturated rings. The van der Waals surface area contributed by atoms with E-state index in [0.29, 0.717) is 12.2 Å². The molecule has 0 aromatic heterocycles. The van der Waals surface area contributed by atoms with Gasteiger partial charge >= 0.3 is 0 Å². The van der Waals surface area contributed by atoms with Crippen molar-refractivity contribution in [2.75, 3.05) is 27.2 Å².